The number of hydrogen-bond donors (Lipinski definition) is 0. The Morgan fingerprint density at radius 3 is 2.21 bits per heavy atom. The third-order valence-corrected chi connectivity index (χ3v) is 2.54. The zero-order valence-electron chi connectivity index (χ0n) is 8.62. The van der Waals surface area contributed by atoms with E-state index in [1.807, 2.05) is 30.3 Å². The smallest absolute Gasteiger partial charge is 0.875 e. The summed E-state index contributed by atoms with van der Waals surface area (Å²) in [7, 11) is 0. The van der Waals surface area contributed by atoms with Crippen molar-refractivity contribution in [3.63, 3.8) is 0 Å². The van der Waals surface area contributed by atoms with E-state index in [1.165, 1.54) is 0 Å². The molecule has 0 atom stereocenters. The van der Waals surface area contributed by atoms with Crippen LogP contribution in [0.2, 0.25) is 0 Å². The Morgan fingerprint density at radius 1 is 0.929 bits per heavy atom. The van der Waals surface area contributed by atoms with Gasteiger partial charge in [-0.2, -0.15) is 0 Å². The summed E-state index contributed by atoms with van der Waals surface area (Å²) in [6, 6.07) is 10.0. The Morgan fingerprint density at radius 2 is 1.57 bits per heavy atom. The minimum atomic E-state index is 0. The van der Waals surface area contributed by atoms with Crippen LogP contribution >= 0.6 is 0 Å². The molecule has 0 spiro atoms. The van der Waals surface area contributed by atoms with Gasteiger partial charge in [0.2, 0.25) is 0 Å². The van der Waals surface area contributed by atoms with Gasteiger partial charge in [0.25, 0.3) is 0 Å². The van der Waals surface area contributed by atoms with Crippen molar-refractivity contribution in [3.05, 3.63) is 41.7 Å². The molecule has 2 rings (SSSR count). The molecular weight excluding hydrogens is 167 g/mol. The van der Waals surface area contributed by atoms with E-state index >= 15 is 0 Å². The van der Waals surface area contributed by atoms with Crippen LogP contribution in [-0.4, -0.2) is 0 Å². The van der Waals surface area contributed by atoms with Gasteiger partial charge in [-0.15, -0.1) is 5.76 Å². The van der Waals surface area contributed by atoms with Gasteiger partial charge in [0.05, 0.1) is 0 Å². The van der Waals surface area contributed by atoms with Crippen LogP contribution in [0.1, 0.15) is 31.2 Å². The Bertz CT molecular complexity index is 316. The van der Waals surface area contributed by atoms with Crippen molar-refractivity contribution in [1.29, 1.82) is 0 Å². The summed E-state index contributed by atoms with van der Waals surface area (Å²) in [5.41, 5.74) is 2.15. The fourth-order valence-corrected chi connectivity index (χ4v) is 1.82. The molecule has 0 radical (unpaired) electrons. The molecule has 0 heterocycles. The molecule has 0 unspecified atom stereocenters. The SMILES string of the molecule is [Li+].[O-]C1=C(c2ccccc2)CCCC1. The van der Waals surface area contributed by atoms with Crippen LogP contribution < -0.4 is 24.0 Å². The van der Waals surface area contributed by atoms with Gasteiger partial charge in [0, 0.05) is 0 Å². The Balaban J connectivity index is 0.000000980. The molecule has 1 nitrogen and oxygen atoms in total. The zero-order chi connectivity index (χ0) is 9.10. The monoisotopic (exact) mass is 180 g/mol. The van der Waals surface area contributed by atoms with Crippen molar-refractivity contribution in [3.8, 4) is 0 Å². The summed E-state index contributed by atoms with van der Waals surface area (Å²) in [5, 5.41) is 11.6. The van der Waals surface area contributed by atoms with E-state index in [1.54, 1.807) is 0 Å². The Labute approximate surface area is 97.0 Å². The number of benzene rings is 1. The maximum atomic E-state index is 11.6. The first-order valence-corrected chi connectivity index (χ1v) is 4.82. The van der Waals surface area contributed by atoms with Crippen molar-refractivity contribution in [2.75, 3.05) is 0 Å². The zero-order valence-corrected chi connectivity index (χ0v) is 8.62. The average Bonchev–Trinajstić information content (AvgIpc) is 2.20. The van der Waals surface area contributed by atoms with Crippen molar-refractivity contribution >= 4 is 5.57 Å². The molecule has 1 aliphatic rings. The van der Waals surface area contributed by atoms with Crippen molar-refractivity contribution < 1.29 is 24.0 Å². The second-order valence-electron chi connectivity index (χ2n) is 3.47. The van der Waals surface area contributed by atoms with Gasteiger partial charge >= 0.3 is 18.9 Å². The van der Waals surface area contributed by atoms with Crippen LogP contribution in [0.25, 0.3) is 5.57 Å². The largest absolute Gasteiger partial charge is 1.00 e. The van der Waals surface area contributed by atoms with Gasteiger partial charge in [-0.1, -0.05) is 42.3 Å². The van der Waals surface area contributed by atoms with Crippen LogP contribution in [0, 0.1) is 0 Å². The fraction of sp³-hybridized carbons (Fsp3) is 0.333. The maximum absolute atomic E-state index is 11.6. The third kappa shape index (κ3) is 2.44. The van der Waals surface area contributed by atoms with E-state index in [2.05, 4.69) is 0 Å². The number of rotatable bonds is 1. The maximum Gasteiger partial charge on any atom is 1.00 e. The molecule has 0 fully saturated rings. The quantitative estimate of drug-likeness (QED) is 0.526. The van der Waals surface area contributed by atoms with E-state index in [9.17, 15) is 5.11 Å². The molecule has 1 aliphatic carbocycles. The van der Waals surface area contributed by atoms with Gasteiger partial charge in [0.1, 0.15) is 0 Å². The van der Waals surface area contributed by atoms with Crippen LogP contribution in [0.3, 0.4) is 0 Å². The summed E-state index contributed by atoms with van der Waals surface area (Å²) in [6.07, 6.45) is 3.93. The second-order valence-corrected chi connectivity index (χ2v) is 3.47. The molecule has 0 bridgehead atoms. The van der Waals surface area contributed by atoms with Crippen LogP contribution in [0.4, 0.5) is 0 Å². The molecule has 68 valence electrons. The summed E-state index contributed by atoms with van der Waals surface area (Å²) in [4.78, 5) is 0. The van der Waals surface area contributed by atoms with Gasteiger partial charge < -0.3 is 5.11 Å². The van der Waals surface area contributed by atoms with Crippen LogP contribution in [0.5, 0.6) is 0 Å². The Hall–Kier alpha value is -0.643. The topological polar surface area (TPSA) is 23.1 Å². The van der Waals surface area contributed by atoms with Crippen LogP contribution in [-0.2, 0) is 0 Å². The minimum absolute atomic E-state index is 0. The summed E-state index contributed by atoms with van der Waals surface area (Å²) in [6.45, 7) is 0. The summed E-state index contributed by atoms with van der Waals surface area (Å²) >= 11 is 0. The predicted molar refractivity (Wildman–Crippen MR) is 51.8 cm³/mol. The molecule has 0 N–H and O–H groups in total. The van der Waals surface area contributed by atoms with Gasteiger partial charge in [-0.05, 0) is 24.8 Å². The first kappa shape index (κ1) is 11.4. The molecule has 0 saturated carbocycles. The molecule has 1 aromatic rings. The molecule has 0 aliphatic heterocycles. The van der Waals surface area contributed by atoms with E-state index in [-0.39, 0.29) is 18.9 Å². The molecular formula is C12H13LiO. The van der Waals surface area contributed by atoms with Gasteiger partial charge in [-0.25, -0.2) is 0 Å². The molecule has 14 heavy (non-hydrogen) atoms. The molecule has 1 aromatic carbocycles. The molecule has 0 saturated heterocycles. The summed E-state index contributed by atoms with van der Waals surface area (Å²) < 4.78 is 0. The van der Waals surface area contributed by atoms with E-state index in [0.29, 0.717) is 5.76 Å². The first-order chi connectivity index (χ1) is 6.38. The molecule has 0 aromatic heterocycles. The average molecular weight is 180 g/mol. The van der Waals surface area contributed by atoms with E-state index < -0.39 is 0 Å². The van der Waals surface area contributed by atoms with Crippen molar-refractivity contribution in [2.24, 2.45) is 0 Å². The van der Waals surface area contributed by atoms with E-state index in [4.69, 9.17) is 0 Å². The number of allylic oxidation sites excluding steroid dienone is 2. The first-order valence-electron chi connectivity index (χ1n) is 4.82. The molecule has 0 amide bonds. The Kier molecular flexibility index (Phi) is 4.32. The van der Waals surface area contributed by atoms with E-state index in [0.717, 1.165) is 36.8 Å². The van der Waals surface area contributed by atoms with Crippen molar-refractivity contribution in [1.82, 2.24) is 0 Å². The number of hydrogen-bond acceptors (Lipinski definition) is 1. The van der Waals surface area contributed by atoms with Crippen molar-refractivity contribution in [2.45, 2.75) is 25.7 Å². The summed E-state index contributed by atoms with van der Waals surface area (Å²) in [5.74, 6) is 0.345. The predicted octanol–water partition coefficient (Wildman–Crippen LogP) is -0.664. The van der Waals surface area contributed by atoms with Gasteiger partial charge in [0.15, 0.2) is 0 Å². The second kappa shape index (κ2) is 5.29. The van der Waals surface area contributed by atoms with Crippen LogP contribution in [0.15, 0.2) is 36.1 Å². The molecule has 2 heteroatoms. The standard InChI is InChI=1S/C12H14O.Li/c13-12-9-5-4-8-11(12)10-6-2-1-3-7-10;/h1-3,6-7,13H,4-5,8-9H2;/q;+1/p-1. The fourth-order valence-electron chi connectivity index (χ4n) is 1.82. The minimum Gasteiger partial charge on any atom is -0.875 e. The third-order valence-electron chi connectivity index (χ3n) is 2.54. The normalized spacial score (nSPS) is 16.3. The van der Waals surface area contributed by atoms with Gasteiger partial charge in [-0.3, -0.25) is 0 Å².